The predicted molar refractivity (Wildman–Crippen MR) is 142 cm³/mol. The van der Waals surface area contributed by atoms with Crippen LogP contribution in [0.1, 0.15) is 31.4 Å². The Morgan fingerprint density at radius 2 is 1.53 bits per heavy atom. The van der Waals surface area contributed by atoms with Crippen molar-refractivity contribution >= 4 is 21.6 Å². The maximum atomic E-state index is 13.4. The molecular weight excluding hydrogens is 476 g/mol. The van der Waals surface area contributed by atoms with Gasteiger partial charge in [-0.15, -0.1) is 0 Å². The van der Waals surface area contributed by atoms with Gasteiger partial charge in [0.2, 0.25) is 5.91 Å². The lowest BCUT2D eigenvalue weighted by atomic mass is 10.1. The third kappa shape index (κ3) is 7.49. The number of amides is 1. The van der Waals surface area contributed by atoms with E-state index in [0.717, 1.165) is 34.0 Å². The summed E-state index contributed by atoms with van der Waals surface area (Å²) < 4.78 is 38.9. The van der Waals surface area contributed by atoms with Gasteiger partial charge in [0.25, 0.3) is 10.0 Å². The number of hydrogen-bond donors (Lipinski definition) is 1. The number of nitrogens with zero attached hydrogens (tertiary/aromatic N) is 1. The van der Waals surface area contributed by atoms with Crippen molar-refractivity contribution in [1.29, 1.82) is 0 Å². The van der Waals surface area contributed by atoms with E-state index < -0.39 is 10.0 Å². The van der Waals surface area contributed by atoms with Crippen LogP contribution in [-0.2, 0) is 21.2 Å². The highest BCUT2D eigenvalue weighted by molar-refractivity contribution is 7.92. The van der Waals surface area contributed by atoms with Crippen molar-refractivity contribution in [3.8, 4) is 11.5 Å². The van der Waals surface area contributed by atoms with Gasteiger partial charge in [-0.2, -0.15) is 0 Å². The number of rotatable bonds is 12. The van der Waals surface area contributed by atoms with Crippen LogP contribution in [0.25, 0.3) is 0 Å². The zero-order valence-corrected chi connectivity index (χ0v) is 22.0. The van der Waals surface area contributed by atoms with Crippen LogP contribution in [0.5, 0.6) is 11.5 Å². The van der Waals surface area contributed by atoms with Gasteiger partial charge in [0, 0.05) is 6.54 Å². The first-order valence-corrected chi connectivity index (χ1v) is 13.4. The molecule has 36 heavy (non-hydrogen) atoms. The number of hydrogen-bond acceptors (Lipinski definition) is 5. The molecule has 0 saturated carbocycles. The van der Waals surface area contributed by atoms with Crippen LogP contribution < -0.4 is 19.1 Å². The molecule has 0 atom stereocenters. The Bertz CT molecular complexity index is 1220. The first kappa shape index (κ1) is 27.1. The van der Waals surface area contributed by atoms with Gasteiger partial charge >= 0.3 is 0 Å². The summed E-state index contributed by atoms with van der Waals surface area (Å²) in [4.78, 5) is 12.9. The first-order valence-electron chi connectivity index (χ1n) is 11.9. The standard InChI is InChI=1S/C28H34N2O5S/c1-21(2)35-26-13-9-23(10-14-26)6-5-19-29-28(31)20-30(24-11-15-25(34-4)16-12-24)36(32,33)27-17-7-22(3)8-18-27/h7-18,21H,5-6,19-20H2,1-4H3,(H,29,31). The van der Waals surface area contributed by atoms with E-state index in [-0.39, 0.29) is 23.5 Å². The van der Waals surface area contributed by atoms with Crippen molar-refractivity contribution in [2.75, 3.05) is 24.5 Å². The number of benzene rings is 3. The minimum absolute atomic E-state index is 0.123. The molecule has 3 aromatic carbocycles. The average Bonchev–Trinajstić information content (AvgIpc) is 2.86. The molecule has 3 aromatic rings. The minimum Gasteiger partial charge on any atom is -0.497 e. The smallest absolute Gasteiger partial charge is 0.264 e. The molecule has 0 aromatic heterocycles. The Balaban J connectivity index is 1.64. The molecule has 0 aliphatic rings. The van der Waals surface area contributed by atoms with Crippen LogP contribution in [0.15, 0.2) is 77.7 Å². The summed E-state index contributed by atoms with van der Waals surface area (Å²) >= 11 is 0. The van der Waals surface area contributed by atoms with Crippen LogP contribution in [0.3, 0.4) is 0 Å². The van der Waals surface area contributed by atoms with Gasteiger partial charge < -0.3 is 14.8 Å². The molecule has 1 N–H and O–H groups in total. The number of nitrogens with one attached hydrogen (secondary N) is 1. The summed E-state index contributed by atoms with van der Waals surface area (Å²) in [5.41, 5.74) is 2.47. The van der Waals surface area contributed by atoms with E-state index >= 15 is 0 Å². The molecule has 0 saturated heterocycles. The van der Waals surface area contributed by atoms with Crippen LogP contribution in [-0.4, -0.2) is 40.6 Å². The first-order chi connectivity index (χ1) is 17.2. The van der Waals surface area contributed by atoms with Crippen LogP contribution in [0.4, 0.5) is 5.69 Å². The van der Waals surface area contributed by atoms with Crippen molar-refractivity contribution < 1.29 is 22.7 Å². The molecule has 192 valence electrons. The zero-order valence-electron chi connectivity index (χ0n) is 21.2. The summed E-state index contributed by atoms with van der Waals surface area (Å²) in [5, 5.41) is 2.85. The summed E-state index contributed by atoms with van der Waals surface area (Å²) in [6, 6.07) is 21.1. The molecule has 8 heteroatoms. The Morgan fingerprint density at radius 3 is 2.11 bits per heavy atom. The van der Waals surface area contributed by atoms with Crippen molar-refractivity contribution in [3.63, 3.8) is 0 Å². The highest BCUT2D eigenvalue weighted by atomic mass is 32.2. The molecule has 0 heterocycles. The number of carbonyl (C=O) groups excluding carboxylic acids is 1. The van der Waals surface area contributed by atoms with E-state index in [1.807, 2.05) is 45.0 Å². The number of ether oxygens (including phenoxy) is 2. The molecular formula is C28H34N2O5S. The van der Waals surface area contributed by atoms with Gasteiger partial charge in [0.1, 0.15) is 18.0 Å². The fraction of sp³-hybridized carbons (Fsp3) is 0.321. The normalized spacial score (nSPS) is 11.2. The highest BCUT2D eigenvalue weighted by Gasteiger charge is 2.27. The molecule has 0 aliphatic heterocycles. The second kappa shape index (κ2) is 12.4. The van der Waals surface area contributed by atoms with Gasteiger partial charge in [-0.05, 0) is 87.7 Å². The molecule has 1 amide bonds. The highest BCUT2D eigenvalue weighted by Crippen LogP contribution is 2.26. The number of methoxy groups -OCH3 is 1. The number of sulfonamides is 1. The average molecular weight is 511 g/mol. The second-order valence-electron chi connectivity index (χ2n) is 8.79. The van der Waals surface area contributed by atoms with E-state index in [1.165, 1.54) is 7.11 Å². The molecule has 0 fully saturated rings. The molecule has 0 bridgehead atoms. The van der Waals surface area contributed by atoms with E-state index in [0.29, 0.717) is 18.0 Å². The number of anilines is 1. The SMILES string of the molecule is COc1ccc(N(CC(=O)NCCCc2ccc(OC(C)C)cc2)S(=O)(=O)c2ccc(C)cc2)cc1. The van der Waals surface area contributed by atoms with Gasteiger partial charge in [0.15, 0.2) is 0 Å². The van der Waals surface area contributed by atoms with E-state index in [4.69, 9.17) is 9.47 Å². The van der Waals surface area contributed by atoms with Gasteiger partial charge in [0.05, 0.1) is 23.8 Å². The summed E-state index contributed by atoms with van der Waals surface area (Å²) in [6.07, 6.45) is 1.63. The molecule has 0 aliphatic carbocycles. The van der Waals surface area contributed by atoms with Crippen molar-refractivity contribution in [2.24, 2.45) is 0 Å². The third-order valence-electron chi connectivity index (χ3n) is 5.52. The van der Waals surface area contributed by atoms with Gasteiger partial charge in [-0.1, -0.05) is 29.8 Å². The molecule has 0 radical (unpaired) electrons. The summed E-state index contributed by atoms with van der Waals surface area (Å²) in [6.45, 7) is 5.96. The maximum Gasteiger partial charge on any atom is 0.264 e. The fourth-order valence-corrected chi connectivity index (χ4v) is 5.04. The maximum absolute atomic E-state index is 13.4. The molecule has 0 unspecified atom stereocenters. The molecule has 0 spiro atoms. The number of aryl methyl sites for hydroxylation is 2. The zero-order chi connectivity index (χ0) is 26.1. The van der Waals surface area contributed by atoms with Crippen molar-refractivity contribution in [2.45, 2.75) is 44.6 Å². The lowest BCUT2D eigenvalue weighted by molar-refractivity contribution is -0.119. The summed E-state index contributed by atoms with van der Waals surface area (Å²) in [7, 11) is -2.41. The number of carbonyl (C=O) groups is 1. The predicted octanol–water partition coefficient (Wildman–Crippen LogP) is 4.74. The third-order valence-corrected chi connectivity index (χ3v) is 7.30. The lowest BCUT2D eigenvalue weighted by Gasteiger charge is -2.24. The second-order valence-corrected chi connectivity index (χ2v) is 10.6. The van der Waals surface area contributed by atoms with Crippen LogP contribution in [0.2, 0.25) is 0 Å². The molecule has 7 nitrogen and oxygen atoms in total. The fourth-order valence-electron chi connectivity index (χ4n) is 3.61. The van der Waals surface area contributed by atoms with Crippen molar-refractivity contribution in [3.05, 3.63) is 83.9 Å². The quantitative estimate of drug-likeness (QED) is 0.356. The lowest BCUT2D eigenvalue weighted by Crippen LogP contribution is -2.41. The van der Waals surface area contributed by atoms with Gasteiger partial charge in [-0.25, -0.2) is 8.42 Å². The Labute approximate surface area is 214 Å². The topological polar surface area (TPSA) is 84.9 Å². The Morgan fingerprint density at radius 1 is 0.917 bits per heavy atom. The minimum atomic E-state index is -3.95. The van der Waals surface area contributed by atoms with Crippen LogP contribution in [0, 0.1) is 6.92 Å². The Hall–Kier alpha value is -3.52. The largest absolute Gasteiger partial charge is 0.497 e. The van der Waals surface area contributed by atoms with E-state index in [1.54, 1.807) is 48.5 Å². The van der Waals surface area contributed by atoms with Crippen molar-refractivity contribution in [1.82, 2.24) is 5.32 Å². The van der Waals surface area contributed by atoms with Gasteiger partial charge in [-0.3, -0.25) is 9.10 Å². The van der Waals surface area contributed by atoms with E-state index in [9.17, 15) is 13.2 Å². The summed E-state index contributed by atoms with van der Waals surface area (Å²) in [5.74, 6) is 1.05. The van der Waals surface area contributed by atoms with Crippen LogP contribution >= 0.6 is 0 Å². The Kier molecular flexibility index (Phi) is 9.36. The monoisotopic (exact) mass is 510 g/mol. The van der Waals surface area contributed by atoms with E-state index in [2.05, 4.69) is 5.32 Å². The molecule has 3 rings (SSSR count).